The Balaban J connectivity index is 0.000000887. The number of carboxylic acids is 1. The highest BCUT2D eigenvalue weighted by Crippen LogP contribution is 2.40. The molecular weight excluding hydrogens is 348 g/mol. The van der Waals surface area contributed by atoms with Gasteiger partial charge in [0.1, 0.15) is 0 Å². The van der Waals surface area contributed by atoms with Crippen LogP contribution in [0.3, 0.4) is 0 Å². The van der Waals surface area contributed by atoms with Gasteiger partial charge >= 0.3 is 5.97 Å². The van der Waals surface area contributed by atoms with Gasteiger partial charge in [-0.15, -0.1) is 0 Å². The van der Waals surface area contributed by atoms with E-state index in [1.807, 2.05) is 26.0 Å². The fourth-order valence-corrected chi connectivity index (χ4v) is 3.17. The normalized spacial score (nSPS) is 17.8. The Kier molecular flexibility index (Phi) is 13.2. The van der Waals surface area contributed by atoms with Gasteiger partial charge in [-0.2, -0.15) is 0 Å². The van der Waals surface area contributed by atoms with Crippen LogP contribution in [0.2, 0.25) is 0 Å². The van der Waals surface area contributed by atoms with Crippen molar-refractivity contribution in [3.05, 3.63) is 58.7 Å². The van der Waals surface area contributed by atoms with Crippen molar-refractivity contribution in [1.82, 2.24) is 0 Å². The molecule has 0 aliphatic heterocycles. The molecule has 0 aromatic heterocycles. The van der Waals surface area contributed by atoms with Crippen molar-refractivity contribution in [3.63, 3.8) is 0 Å². The molecule has 0 atom stereocenters. The van der Waals surface area contributed by atoms with Crippen molar-refractivity contribution >= 4 is 5.97 Å². The van der Waals surface area contributed by atoms with E-state index in [0.717, 1.165) is 18.4 Å². The predicted octanol–water partition coefficient (Wildman–Crippen LogP) is 6.77. The maximum absolute atomic E-state index is 9.76. The minimum Gasteiger partial charge on any atom is -0.481 e. The molecule has 0 radical (unpaired) electrons. The Bertz CT molecular complexity index is 628. The molecule has 0 amide bonds. The zero-order chi connectivity index (χ0) is 21.6. The van der Waals surface area contributed by atoms with Crippen LogP contribution >= 0.6 is 0 Å². The average molecular weight is 389 g/mol. The predicted molar refractivity (Wildman–Crippen MR) is 120 cm³/mol. The lowest BCUT2D eigenvalue weighted by molar-refractivity contribution is -0.137. The zero-order valence-electron chi connectivity index (χ0n) is 18.7. The lowest BCUT2D eigenvalue weighted by Gasteiger charge is -2.32. The zero-order valence-corrected chi connectivity index (χ0v) is 18.7. The molecular formula is C25H40O3. The number of unbranched alkanes of at least 4 members (excludes halogenated alkanes) is 1. The van der Waals surface area contributed by atoms with Gasteiger partial charge < -0.3 is 10.2 Å². The minimum atomic E-state index is -0.693. The Morgan fingerprint density at radius 3 is 2.36 bits per heavy atom. The number of aliphatic hydroxyl groups is 1. The van der Waals surface area contributed by atoms with Crippen LogP contribution in [0.5, 0.6) is 0 Å². The first-order valence-corrected chi connectivity index (χ1v) is 10.4. The number of rotatable bonds is 8. The summed E-state index contributed by atoms with van der Waals surface area (Å²) in [6, 6.07) is 0. The lowest BCUT2D eigenvalue weighted by Crippen LogP contribution is -2.19. The van der Waals surface area contributed by atoms with Crippen LogP contribution in [0.4, 0.5) is 0 Å². The molecule has 0 saturated carbocycles. The molecule has 0 saturated heterocycles. The number of hydrogen-bond donors (Lipinski definition) is 2. The second-order valence-electron chi connectivity index (χ2n) is 8.16. The van der Waals surface area contributed by atoms with Gasteiger partial charge in [0.05, 0.1) is 6.61 Å². The van der Waals surface area contributed by atoms with E-state index in [1.54, 1.807) is 6.08 Å². The Morgan fingerprint density at radius 2 is 1.86 bits per heavy atom. The van der Waals surface area contributed by atoms with Crippen LogP contribution < -0.4 is 0 Å². The topological polar surface area (TPSA) is 57.5 Å². The van der Waals surface area contributed by atoms with E-state index in [1.165, 1.54) is 36.0 Å². The third-order valence-electron chi connectivity index (χ3n) is 4.93. The van der Waals surface area contributed by atoms with Gasteiger partial charge in [-0.1, -0.05) is 80.4 Å². The second-order valence-corrected chi connectivity index (χ2v) is 8.16. The molecule has 158 valence electrons. The van der Waals surface area contributed by atoms with E-state index >= 15 is 0 Å². The molecule has 3 nitrogen and oxygen atoms in total. The summed E-state index contributed by atoms with van der Waals surface area (Å²) in [4.78, 5) is 9.76. The van der Waals surface area contributed by atoms with Crippen LogP contribution in [0, 0.1) is 5.41 Å². The summed E-state index contributed by atoms with van der Waals surface area (Å²) in [5, 5.41) is 16.9. The van der Waals surface area contributed by atoms with Crippen LogP contribution in [0.15, 0.2) is 58.7 Å². The van der Waals surface area contributed by atoms with Crippen LogP contribution in [0.1, 0.15) is 80.1 Å². The highest BCUT2D eigenvalue weighted by molar-refractivity contribution is 5.66. The molecule has 0 fully saturated rings. The smallest absolute Gasteiger partial charge is 0.303 e. The van der Waals surface area contributed by atoms with E-state index in [2.05, 4.69) is 45.9 Å². The lowest BCUT2D eigenvalue weighted by atomic mass is 9.72. The number of hydrogen-bond acceptors (Lipinski definition) is 2. The molecule has 1 aliphatic rings. The monoisotopic (exact) mass is 388 g/mol. The SMILES string of the molecule is CC(C=CC1=C(C)CCCC1(C)C)=CC=CC(C)=CCO.CCCCC(=O)O. The molecule has 0 aromatic rings. The number of carbonyl (C=O) groups is 1. The van der Waals surface area contributed by atoms with Crippen molar-refractivity contribution in [1.29, 1.82) is 0 Å². The van der Waals surface area contributed by atoms with Gasteiger partial charge in [-0.25, -0.2) is 0 Å². The first-order chi connectivity index (χ1) is 13.1. The van der Waals surface area contributed by atoms with Crippen LogP contribution in [0.25, 0.3) is 0 Å². The van der Waals surface area contributed by atoms with Gasteiger partial charge in [0.15, 0.2) is 0 Å². The highest BCUT2D eigenvalue weighted by atomic mass is 16.4. The van der Waals surface area contributed by atoms with Gasteiger partial charge in [0.2, 0.25) is 0 Å². The van der Waals surface area contributed by atoms with Crippen LogP contribution in [-0.2, 0) is 4.79 Å². The number of carboxylic acid groups (broad SMARTS) is 1. The summed E-state index contributed by atoms with van der Waals surface area (Å²) in [5.74, 6) is -0.693. The van der Waals surface area contributed by atoms with Crippen molar-refractivity contribution < 1.29 is 15.0 Å². The van der Waals surface area contributed by atoms with Crippen molar-refractivity contribution in [2.75, 3.05) is 6.61 Å². The number of aliphatic hydroxyl groups excluding tert-OH is 1. The Morgan fingerprint density at radius 1 is 1.18 bits per heavy atom. The van der Waals surface area contributed by atoms with E-state index in [9.17, 15) is 4.79 Å². The second kappa shape index (κ2) is 14.2. The summed E-state index contributed by atoms with van der Waals surface area (Å²) in [5.41, 5.74) is 5.66. The average Bonchev–Trinajstić information content (AvgIpc) is 2.59. The molecule has 2 N–H and O–H groups in total. The Hall–Kier alpha value is -1.87. The molecule has 1 rings (SSSR count). The molecule has 0 spiro atoms. The van der Waals surface area contributed by atoms with Gasteiger partial charge in [0, 0.05) is 6.42 Å². The molecule has 0 aromatic carbocycles. The molecule has 0 bridgehead atoms. The largest absolute Gasteiger partial charge is 0.481 e. The standard InChI is InChI=1S/C20H30O.C5H10O2/c1-16(8-6-9-17(2)13-15-21)11-12-19-18(3)10-7-14-20(19,4)5;1-2-3-4-5(6)7/h6,8-9,11-13,21H,7,10,14-15H2,1-5H3;2-4H2,1H3,(H,6,7). The summed E-state index contributed by atoms with van der Waals surface area (Å²) >= 11 is 0. The van der Waals surface area contributed by atoms with Crippen molar-refractivity contribution in [3.8, 4) is 0 Å². The summed E-state index contributed by atoms with van der Waals surface area (Å²) < 4.78 is 0. The minimum absolute atomic E-state index is 0.0985. The maximum Gasteiger partial charge on any atom is 0.303 e. The fraction of sp³-hybridized carbons (Fsp3) is 0.560. The van der Waals surface area contributed by atoms with Gasteiger partial charge in [-0.05, 0) is 57.4 Å². The molecule has 0 unspecified atom stereocenters. The van der Waals surface area contributed by atoms with E-state index < -0.39 is 5.97 Å². The third-order valence-corrected chi connectivity index (χ3v) is 4.93. The summed E-state index contributed by atoms with van der Waals surface area (Å²) in [7, 11) is 0. The molecule has 0 heterocycles. The highest BCUT2D eigenvalue weighted by Gasteiger charge is 2.26. The van der Waals surface area contributed by atoms with Gasteiger partial charge in [0.25, 0.3) is 0 Å². The molecule has 3 heteroatoms. The van der Waals surface area contributed by atoms with E-state index in [0.29, 0.717) is 11.8 Å². The molecule has 28 heavy (non-hydrogen) atoms. The number of allylic oxidation sites excluding steroid dienone is 9. The first-order valence-electron chi connectivity index (χ1n) is 10.4. The quantitative estimate of drug-likeness (QED) is 0.451. The van der Waals surface area contributed by atoms with E-state index in [-0.39, 0.29) is 6.61 Å². The first kappa shape index (κ1) is 26.1. The van der Waals surface area contributed by atoms with Gasteiger partial charge in [-0.3, -0.25) is 4.79 Å². The molecule has 1 aliphatic carbocycles. The Labute approximate surface area is 172 Å². The van der Waals surface area contributed by atoms with Crippen molar-refractivity contribution in [2.45, 2.75) is 80.1 Å². The van der Waals surface area contributed by atoms with Crippen molar-refractivity contribution in [2.24, 2.45) is 5.41 Å². The fourth-order valence-electron chi connectivity index (χ4n) is 3.17. The van der Waals surface area contributed by atoms with E-state index in [4.69, 9.17) is 10.2 Å². The summed E-state index contributed by atoms with van der Waals surface area (Å²) in [6.07, 6.45) is 18.4. The third kappa shape index (κ3) is 11.8. The number of aliphatic carboxylic acids is 1. The van der Waals surface area contributed by atoms with Crippen LogP contribution in [-0.4, -0.2) is 22.8 Å². The summed E-state index contributed by atoms with van der Waals surface area (Å²) in [6.45, 7) is 13.1. The maximum atomic E-state index is 9.76.